The zero-order valence-corrected chi connectivity index (χ0v) is 55.6. The Morgan fingerprint density at radius 2 is 0.461 bits per heavy atom. The number of rotatable bonds is 8. The quantitative estimate of drug-likeness (QED) is 0.142. The van der Waals surface area contributed by atoms with E-state index in [1.807, 2.05) is 0 Å². The molecule has 2 heteroatoms. The topological polar surface area (TPSA) is 26.3 Å². The van der Waals surface area contributed by atoms with Gasteiger partial charge in [-0.25, -0.2) is 0 Å². The van der Waals surface area contributed by atoms with Crippen molar-refractivity contribution in [2.45, 2.75) is 0 Å². The smallest absolute Gasteiger partial charge is 0.143 e. The average Bonchev–Trinajstić information content (AvgIpc) is 0.870. The van der Waals surface area contributed by atoms with Crippen molar-refractivity contribution in [1.82, 2.24) is 0 Å². The molecule has 2 nitrogen and oxygen atoms in total. The maximum atomic E-state index is 6.74. The van der Waals surface area contributed by atoms with Crippen molar-refractivity contribution < 1.29 is 8.83 Å². The standard InChI is InChI=1S/C52H32O.C48H30O/c1-2-14-34(15-3-1)39-23-12-24-48-42-28-27-37(32-49(42)53-52(39)48)50-43-19-8-10-21-45(43)51(46-22-11-9-20-44(46)50)47-30-29-38(40-17-6-7-18-41(40)47)36-26-25-33-13-4-5-16-35(33)31-36;1-3-12-31(13-4-1)34-24-22-32-23-25-35(29-37(32)28-34)46-40-16-7-9-18-42(40)47(43-19-10-8-17-41(43)46)36-26-27-39-44-21-11-20-38(33-14-5-2-6-15-33)48(44)49-45(39)30-36/h1-32H;1-30H. The molecule has 0 amide bonds. The predicted molar refractivity (Wildman–Crippen MR) is 433 cm³/mol. The molecule has 0 aliphatic rings. The Balaban J connectivity index is 0.000000137. The fourth-order valence-corrected chi connectivity index (χ4v) is 16.4. The predicted octanol–water partition coefficient (Wildman–Crippen LogP) is 28.6. The summed E-state index contributed by atoms with van der Waals surface area (Å²) in [5, 5.41) is 21.9. The summed E-state index contributed by atoms with van der Waals surface area (Å²) in [6.07, 6.45) is 0. The van der Waals surface area contributed by atoms with E-state index in [4.69, 9.17) is 8.83 Å². The normalized spacial score (nSPS) is 11.7. The number of hydrogen-bond donors (Lipinski definition) is 0. The van der Waals surface area contributed by atoms with Crippen molar-refractivity contribution >= 4 is 119 Å². The van der Waals surface area contributed by atoms with Crippen LogP contribution in [0.3, 0.4) is 0 Å². The van der Waals surface area contributed by atoms with E-state index >= 15 is 0 Å². The van der Waals surface area contributed by atoms with Crippen LogP contribution in [0.1, 0.15) is 0 Å². The Morgan fingerprint density at radius 1 is 0.137 bits per heavy atom. The van der Waals surface area contributed by atoms with Crippen molar-refractivity contribution in [3.63, 3.8) is 0 Å². The minimum atomic E-state index is 0.897. The molecule has 21 rings (SSSR count). The molecular weight excluding hydrogens is 1230 g/mol. The Kier molecular flexibility index (Phi) is 14.0. The van der Waals surface area contributed by atoms with Gasteiger partial charge in [-0.3, -0.25) is 0 Å². The number of furan rings is 2. The second kappa shape index (κ2) is 24.2. The molecule has 102 heavy (non-hydrogen) atoms. The van der Waals surface area contributed by atoms with Crippen LogP contribution in [0.4, 0.5) is 0 Å². The molecule has 2 aromatic heterocycles. The van der Waals surface area contributed by atoms with Crippen molar-refractivity contribution in [3.05, 3.63) is 376 Å². The van der Waals surface area contributed by atoms with E-state index in [9.17, 15) is 0 Å². The molecule has 21 aromatic rings. The summed E-state index contributed by atoms with van der Waals surface area (Å²) in [5.74, 6) is 0. The van der Waals surface area contributed by atoms with Crippen molar-refractivity contribution in [1.29, 1.82) is 0 Å². The van der Waals surface area contributed by atoms with Crippen LogP contribution in [0.5, 0.6) is 0 Å². The van der Waals surface area contributed by atoms with E-state index in [1.165, 1.54) is 131 Å². The third-order valence-electron chi connectivity index (χ3n) is 21.1. The lowest BCUT2D eigenvalue weighted by atomic mass is 9.83. The summed E-state index contributed by atoms with van der Waals surface area (Å²) < 4.78 is 13.4. The maximum absolute atomic E-state index is 6.74. The monoisotopic (exact) mass is 1290 g/mol. The Labute approximate surface area is 589 Å². The van der Waals surface area contributed by atoms with Crippen molar-refractivity contribution in [2.24, 2.45) is 0 Å². The molecule has 0 fully saturated rings. The van der Waals surface area contributed by atoms with Crippen LogP contribution in [-0.2, 0) is 0 Å². The van der Waals surface area contributed by atoms with Crippen molar-refractivity contribution in [3.8, 4) is 89.0 Å². The first-order valence-electron chi connectivity index (χ1n) is 35.1. The lowest BCUT2D eigenvalue weighted by Crippen LogP contribution is -1.92. The molecule has 0 spiro atoms. The highest BCUT2D eigenvalue weighted by atomic mass is 16.3. The molecule has 0 bridgehead atoms. The van der Waals surface area contributed by atoms with Crippen LogP contribution in [0.25, 0.3) is 208 Å². The van der Waals surface area contributed by atoms with Crippen LogP contribution in [-0.4, -0.2) is 0 Å². The summed E-state index contributed by atoms with van der Waals surface area (Å²) in [4.78, 5) is 0. The molecule has 0 aliphatic heterocycles. The zero-order valence-electron chi connectivity index (χ0n) is 55.6. The molecule has 0 saturated heterocycles. The van der Waals surface area contributed by atoms with E-state index in [1.54, 1.807) is 0 Å². The molecule has 19 aromatic carbocycles. The van der Waals surface area contributed by atoms with E-state index < -0.39 is 0 Å². The van der Waals surface area contributed by atoms with Gasteiger partial charge in [-0.15, -0.1) is 0 Å². The van der Waals surface area contributed by atoms with Gasteiger partial charge < -0.3 is 8.83 Å². The van der Waals surface area contributed by atoms with Crippen LogP contribution >= 0.6 is 0 Å². The highest BCUT2D eigenvalue weighted by Gasteiger charge is 2.23. The summed E-state index contributed by atoms with van der Waals surface area (Å²) in [6, 6.07) is 136. The second-order valence-electron chi connectivity index (χ2n) is 26.8. The van der Waals surface area contributed by atoms with Gasteiger partial charge in [-0.1, -0.05) is 334 Å². The Morgan fingerprint density at radius 3 is 0.941 bits per heavy atom. The lowest BCUT2D eigenvalue weighted by Gasteiger charge is -2.19. The van der Waals surface area contributed by atoms with E-state index in [0.29, 0.717) is 0 Å². The Hall–Kier alpha value is -13.4. The second-order valence-corrected chi connectivity index (χ2v) is 26.8. The summed E-state index contributed by atoms with van der Waals surface area (Å²) in [6.45, 7) is 0. The SMILES string of the molecule is c1ccc(-c2ccc3ccc(-c4c5ccccc5c(-c5ccc6c(c5)oc5c(-c7ccccc7)cccc56)c5ccccc45)cc3c2)cc1.c1ccc(-c2cccc3c2oc2cc(-c4c5ccccc5c(-c5ccc(-c6ccc7ccccc7c6)c6ccccc56)c5ccccc45)ccc23)cc1. The minimum Gasteiger partial charge on any atom is -0.455 e. The van der Waals surface area contributed by atoms with Gasteiger partial charge in [0.15, 0.2) is 0 Å². The van der Waals surface area contributed by atoms with Gasteiger partial charge in [-0.2, -0.15) is 0 Å². The number of hydrogen-bond acceptors (Lipinski definition) is 2. The fourth-order valence-electron chi connectivity index (χ4n) is 16.4. The van der Waals surface area contributed by atoms with Crippen LogP contribution in [0.15, 0.2) is 385 Å². The zero-order chi connectivity index (χ0) is 67.2. The summed E-state index contributed by atoms with van der Waals surface area (Å²) in [7, 11) is 0. The van der Waals surface area contributed by atoms with Gasteiger partial charge in [-0.05, 0) is 196 Å². The molecule has 0 saturated carbocycles. The van der Waals surface area contributed by atoms with Gasteiger partial charge in [0.25, 0.3) is 0 Å². The fraction of sp³-hybridized carbons (Fsp3) is 0. The number of para-hydroxylation sites is 2. The van der Waals surface area contributed by atoms with Gasteiger partial charge in [0.05, 0.1) is 0 Å². The van der Waals surface area contributed by atoms with Gasteiger partial charge >= 0.3 is 0 Å². The third-order valence-corrected chi connectivity index (χ3v) is 21.1. The highest BCUT2D eigenvalue weighted by molar-refractivity contribution is 6.26. The van der Waals surface area contributed by atoms with Gasteiger partial charge in [0.2, 0.25) is 0 Å². The Bertz CT molecular complexity index is 6800. The van der Waals surface area contributed by atoms with Gasteiger partial charge in [0, 0.05) is 32.7 Å². The largest absolute Gasteiger partial charge is 0.455 e. The highest BCUT2D eigenvalue weighted by Crippen LogP contribution is 2.50. The minimum absolute atomic E-state index is 0.897. The molecule has 474 valence electrons. The summed E-state index contributed by atoms with van der Waals surface area (Å²) >= 11 is 0. The first-order chi connectivity index (χ1) is 50.6. The number of benzene rings is 19. The lowest BCUT2D eigenvalue weighted by molar-refractivity contribution is 0.670. The molecule has 0 atom stereocenters. The molecule has 0 N–H and O–H groups in total. The molecule has 0 radical (unpaired) electrons. The van der Waals surface area contributed by atoms with E-state index in [0.717, 1.165) is 77.3 Å². The van der Waals surface area contributed by atoms with Gasteiger partial charge in [0.1, 0.15) is 22.3 Å². The average molecular weight is 1300 g/mol. The first-order valence-corrected chi connectivity index (χ1v) is 35.1. The molecule has 0 aliphatic carbocycles. The molecular formula is C100H62O2. The number of fused-ring (bicyclic) bond motifs is 13. The van der Waals surface area contributed by atoms with Crippen LogP contribution in [0.2, 0.25) is 0 Å². The van der Waals surface area contributed by atoms with Crippen molar-refractivity contribution in [2.75, 3.05) is 0 Å². The van der Waals surface area contributed by atoms with Crippen LogP contribution in [0, 0.1) is 0 Å². The molecule has 2 heterocycles. The first kappa shape index (κ1) is 58.7. The summed E-state index contributed by atoms with van der Waals surface area (Å²) in [5.41, 5.74) is 22.9. The van der Waals surface area contributed by atoms with E-state index in [2.05, 4.69) is 376 Å². The maximum Gasteiger partial charge on any atom is 0.143 e. The van der Waals surface area contributed by atoms with Crippen LogP contribution < -0.4 is 0 Å². The molecule has 0 unspecified atom stereocenters. The third kappa shape index (κ3) is 9.79. The van der Waals surface area contributed by atoms with E-state index in [-0.39, 0.29) is 0 Å².